The normalized spacial score (nSPS) is 9.67. The summed E-state index contributed by atoms with van der Waals surface area (Å²) in [6.07, 6.45) is 1.69. The number of nitrogens with one attached hydrogen (secondary N) is 1. The summed E-state index contributed by atoms with van der Waals surface area (Å²) < 4.78 is 0. The van der Waals surface area contributed by atoms with Gasteiger partial charge in [-0.2, -0.15) is 0 Å². The Kier molecular flexibility index (Phi) is 1.43. The fourth-order valence-electron chi connectivity index (χ4n) is 1.04. The van der Waals surface area contributed by atoms with Crippen LogP contribution in [-0.4, -0.2) is 9.97 Å². The van der Waals surface area contributed by atoms with Crippen LogP contribution in [0.2, 0.25) is 0 Å². The zero-order valence-corrected chi connectivity index (χ0v) is 6.10. The molecule has 2 aromatic heterocycles. The maximum absolute atomic E-state index is 8.16. The second-order valence-corrected chi connectivity index (χ2v) is 2.28. The smallest absolute Gasteiger partial charge is 0.105 e. The number of H-pyrrole nitrogens is 1. The summed E-state index contributed by atoms with van der Waals surface area (Å²) in [7, 11) is 0. The van der Waals surface area contributed by atoms with Crippen molar-refractivity contribution < 1.29 is 0 Å². The highest BCUT2D eigenvalue weighted by atomic mass is 15.2. The highest BCUT2D eigenvalue weighted by Gasteiger charge is 1.96. The van der Waals surface area contributed by atoms with Crippen LogP contribution in [0, 0.1) is 0 Å². The van der Waals surface area contributed by atoms with E-state index in [1.807, 2.05) is 12.1 Å². The summed E-state index contributed by atoms with van der Waals surface area (Å²) in [6.45, 7) is 0. The molecule has 0 spiro atoms. The van der Waals surface area contributed by atoms with Gasteiger partial charge in [-0.05, 0) is 28.8 Å². The molecule has 0 unspecified atom stereocenters. The van der Waals surface area contributed by atoms with E-state index in [0.29, 0.717) is 5.82 Å². The summed E-state index contributed by atoms with van der Waals surface area (Å²) in [5.41, 5.74) is 9.84. The molecule has 0 amide bonds. The van der Waals surface area contributed by atoms with E-state index >= 15 is 0 Å². The van der Waals surface area contributed by atoms with E-state index in [1.165, 1.54) is 0 Å². The molecule has 5 heteroatoms. The van der Waals surface area contributed by atoms with Crippen molar-refractivity contribution in [1.29, 1.82) is 0 Å². The van der Waals surface area contributed by atoms with Crippen LogP contribution in [-0.2, 0) is 0 Å². The number of hydrogen-bond acceptors (Lipinski definition) is 2. The number of aromatic amines is 1. The van der Waals surface area contributed by atoms with Crippen LogP contribution in [0.3, 0.4) is 0 Å². The first-order chi connectivity index (χ1) is 5.90. The van der Waals surface area contributed by atoms with Gasteiger partial charge in [0.15, 0.2) is 0 Å². The summed E-state index contributed by atoms with van der Waals surface area (Å²) in [5.74, 6) is 0.492. The molecule has 0 aliphatic heterocycles. The summed E-state index contributed by atoms with van der Waals surface area (Å²) >= 11 is 0. The highest BCUT2D eigenvalue weighted by Crippen LogP contribution is 2.17. The molecule has 12 heavy (non-hydrogen) atoms. The third-order valence-electron chi connectivity index (χ3n) is 1.53. The van der Waals surface area contributed by atoms with Crippen LogP contribution in [0.25, 0.3) is 21.5 Å². The van der Waals surface area contributed by atoms with Crippen molar-refractivity contribution in [1.82, 2.24) is 9.97 Å². The summed E-state index contributed by atoms with van der Waals surface area (Å²) in [4.78, 5) is 9.65. The van der Waals surface area contributed by atoms with Gasteiger partial charge in [0.1, 0.15) is 5.82 Å². The lowest BCUT2D eigenvalue weighted by Gasteiger charge is -1.83. The molecule has 0 aliphatic carbocycles. The number of rotatable bonds is 1. The van der Waals surface area contributed by atoms with E-state index in [1.54, 1.807) is 12.3 Å². The van der Waals surface area contributed by atoms with Crippen LogP contribution in [0.5, 0.6) is 0 Å². The van der Waals surface area contributed by atoms with Gasteiger partial charge in [-0.1, -0.05) is 0 Å². The molecular weight excluding hydrogens is 154 g/mol. The van der Waals surface area contributed by atoms with Gasteiger partial charge < -0.3 is 4.98 Å². The minimum Gasteiger partial charge on any atom is -0.352 e. The number of nitrogens with zero attached hydrogens (tertiary/aromatic N) is 4. The molecule has 0 radical (unpaired) electrons. The van der Waals surface area contributed by atoms with Crippen molar-refractivity contribution in [2.75, 3.05) is 0 Å². The molecule has 2 heterocycles. The fraction of sp³-hybridized carbons (Fsp3) is 0. The molecule has 0 saturated carbocycles. The van der Waals surface area contributed by atoms with E-state index in [-0.39, 0.29) is 0 Å². The molecule has 0 atom stereocenters. The lowest BCUT2D eigenvalue weighted by molar-refractivity contribution is 1.35. The van der Waals surface area contributed by atoms with Crippen molar-refractivity contribution in [3.63, 3.8) is 0 Å². The lowest BCUT2D eigenvalue weighted by atomic mass is 10.4. The summed E-state index contributed by atoms with van der Waals surface area (Å²) in [6, 6.07) is 5.40. The number of pyridine rings is 1. The molecule has 0 fully saturated rings. The first-order valence-corrected chi connectivity index (χ1v) is 3.39. The van der Waals surface area contributed by atoms with Crippen molar-refractivity contribution in [3.8, 4) is 0 Å². The zero-order chi connectivity index (χ0) is 8.39. The molecule has 0 aromatic carbocycles. The van der Waals surface area contributed by atoms with Crippen molar-refractivity contribution in [2.45, 2.75) is 0 Å². The first kappa shape index (κ1) is 6.69. The van der Waals surface area contributed by atoms with Crippen LogP contribution < -0.4 is 0 Å². The minimum absolute atomic E-state index is 0.492. The maximum Gasteiger partial charge on any atom is 0.105 e. The Morgan fingerprint density at radius 3 is 3.25 bits per heavy atom. The van der Waals surface area contributed by atoms with Gasteiger partial charge in [-0.3, -0.25) is 4.98 Å². The Morgan fingerprint density at radius 1 is 1.58 bits per heavy atom. The average Bonchev–Trinajstić information content (AvgIpc) is 2.47. The molecule has 5 nitrogen and oxygen atoms in total. The molecule has 58 valence electrons. The molecule has 0 aliphatic rings. The Labute approximate surface area is 67.7 Å². The van der Waals surface area contributed by atoms with Gasteiger partial charge in [0.2, 0.25) is 0 Å². The van der Waals surface area contributed by atoms with Crippen LogP contribution in [0.15, 0.2) is 29.5 Å². The third kappa shape index (κ3) is 0.980. The Hall–Kier alpha value is -2.00. The molecular formula is C7H5N5. The summed E-state index contributed by atoms with van der Waals surface area (Å²) in [5, 5.41) is 3.43. The second kappa shape index (κ2) is 2.56. The van der Waals surface area contributed by atoms with E-state index < -0.39 is 0 Å². The predicted octanol–water partition coefficient (Wildman–Crippen LogP) is 2.50. The van der Waals surface area contributed by atoms with Gasteiger partial charge in [0.05, 0.1) is 11.0 Å². The maximum atomic E-state index is 8.16. The first-order valence-electron chi connectivity index (χ1n) is 3.39. The van der Waals surface area contributed by atoms with Crippen LogP contribution in [0.4, 0.5) is 5.82 Å². The topological polar surface area (TPSA) is 77.4 Å². The quantitative estimate of drug-likeness (QED) is 0.387. The van der Waals surface area contributed by atoms with Gasteiger partial charge in [-0.15, -0.1) is 0 Å². The lowest BCUT2D eigenvalue weighted by Crippen LogP contribution is -1.69. The van der Waals surface area contributed by atoms with Crippen molar-refractivity contribution in [3.05, 3.63) is 34.8 Å². The fourth-order valence-corrected chi connectivity index (χ4v) is 1.04. The van der Waals surface area contributed by atoms with Gasteiger partial charge in [0.25, 0.3) is 0 Å². The van der Waals surface area contributed by atoms with Crippen molar-refractivity contribution >= 4 is 16.9 Å². The highest BCUT2D eigenvalue weighted by molar-refractivity contribution is 5.78. The van der Waals surface area contributed by atoms with Crippen molar-refractivity contribution in [2.24, 2.45) is 5.11 Å². The van der Waals surface area contributed by atoms with E-state index in [9.17, 15) is 0 Å². The number of hydrogen-bond donors (Lipinski definition) is 1. The zero-order valence-electron chi connectivity index (χ0n) is 6.10. The number of aromatic nitrogens is 2. The Morgan fingerprint density at radius 2 is 2.50 bits per heavy atom. The van der Waals surface area contributed by atoms with E-state index in [0.717, 1.165) is 11.0 Å². The number of fused-ring (bicyclic) bond motifs is 1. The molecule has 0 saturated heterocycles. The average molecular weight is 159 g/mol. The largest absolute Gasteiger partial charge is 0.352 e. The molecule has 1 N–H and O–H groups in total. The third-order valence-corrected chi connectivity index (χ3v) is 1.53. The number of azide groups is 1. The van der Waals surface area contributed by atoms with E-state index in [2.05, 4.69) is 20.0 Å². The van der Waals surface area contributed by atoms with Crippen LogP contribution in [0.1, 0.15) is 0 Å². The van der Waals surface area contributed by atoms with Gasteiger partial charge in [-0.25, -0.2) is 0 Å². The monoisotopic (exact) mass is 159 g/mol. The van der Waals surface area contributed by atoms with Gasteiger partial charge >= 0.3 is 0 Å². The van der Waals surface area contributed by atoms with E-state index in [4.69, 9.17) is 5.53 Å². The Balaban J connectivity index is 2.69. The predicted molar refractivity (Wildman–Crippen MR) is 44.9 cm³/mol. The molecule has 0 bridgehead atoms. The molecule has 2 aromatic rings. The standard InChI is InChI=1S/C7H5N5/c8-12-11-7-4-6-5(10-7)2-1-3-9-6/h1-4,10H. The van der Waals surface area contributed by atoms with Gasteiger partial charge in [0, 0.05) is 11.1 Å². The SMILES string of the molecule is [N-]=[N+]=Nc1cc2ncccc2[nH]1. The Bertz CT molecular complexity index is 419. The van der Waals surface area contributed by atoms with Crippen LogP contribution >= 0.6 is 0 Å². The second-order valence-electron chi connectivity index (χ2n) is 2.28. The molecule has 2 rings (SSSR count). The minimum atomic E-state index is 0.492.